The number of amides is 2. The molecule has 0 heterocycles. The Morgan fingerprint density at radius 1 is 1.12 bits per heavy atom. The van der Waals surface area contributed by atoms with E-state index in [1.165, 1.54) is 7.11 Å². The molecular weight excluding hydrogens is 377 g/mol. The topological polar surface area (TPSA) is 79.8 Å². The quantitative estimate of drug-likeness (QED) is 0.571. The number of benzene rings is 2. The lowest BCUT2D eigenvalue weighted by Gasteiger charge is -2.08. The summed E-state index contributed by atoms with van der Waals surface area (Å²) in [5.74, 6) is -0.298. The van der Waals surface area contributed by atoms with E-state index in [9.17, 15) is 9.59 Å². The fourth-order valence-corrected chi connectivity index (χ4v) is 2.67. The van der Waals surface area contributed by atoms with Crippen molar-refractivity contribution in [1.29, 1.82) is 0 Å². The molecular formula is C18H17Cl2N3O3. The Hall–Kier alpha value is -2.57. The number of methoxy groups -OCH3 is 1. The van der Waals surface area contributed by atoms with Gasteiger partial charge < -0.3 is 10.1 Å². The van der Waals surface area contributed by atoms with Gasteiger partial charge in [-0.05, 0) is 37.3 Å². The number of nitrogens with one attached hydrogen (secondary N) is 2. The van der Waals surface area contributed by atoms with Crippen molar-refractivity contribution in [2.45, 2.75) is 13.3 Å². The van der Waals surface area contributed by atoms with Crippen molar-refractivity contribution in [2.24, 2.45) is 5.10 Å². The molecule has 0 aliphatic heterocycles. The zero-order chi connectivity index (χ0) is 19.1. The zero-order valence-electron chi connectivity index (χ0n) is 14.2. The second kappa shape index (κ2) is 9.22. The lowest BCUT2D eigenvalue weighted by molar-refractivity contribution is -0.115. The maximum absolute atomic E-state index is 12.2. The van der Waals surface area contributed by atoms with Crippen LogP contribution in [0.2, 0.25) is 10.0 Å². The third-order valence-corrected chi connectivity index (χ3v) is 3.70. The summed E-state index contributed by atoms with van der Waals surface area (Å²) in [6, 6.07) is 11.5. The molecule has 0 spiro atoms. The number of carbonyl (C=O) groups excluding carboxylic acids is 2. The normalized spacial score (nSPS) is 11.0. The Kier molecular flexibility index (Phi) is 7.00. The van der Waals surface area contributed by atoms with E-state index in [1.807, 2.05) is 0 Å². The second-order valence-electron chi connectivity index (χ2n) is 5.37. The van der Waals surface area contributed by atoms with Crippen molar-refractivity contribution in [2.75, 3.05) is 12.4 Å². The number of hydrazone groups is 1. The van der Waals surface area contributed by atoms with Crippen LogP contribution in [0.25, 0.3) is 0 Å². The Balaban J connectivity index is 1.95. The molecule has 0 aliphatic rings. The number of nitrogens with zero attached hydrogens (tertiary/aromatic N) is 1. The first-order valence-electron chi connectivity index (χ1n) is 7.61. The van der Waals surface area contributed by atoms with Crippen LogP contribution in [-0.2, 0) is 4.79 Å². The molecule has 8 heteroatoms. The van der Waals surface area contributed by atoms with Crippen molar-refractivity contribution in [3.8, 4) is 5.75 Å². The van der Waals surface area contributed by atoms with Crippen LogP contribution < -0.4 is 15.5 Å². The molecule has 6 nitrogen and oxygen atoms in total. The van der Waals surface area contributed by atoms with Crippen LogP contribution in [0.4, 0.5) is 5.69 Å². The average Bonchev–Trinajstić information content (AvgIpc) is 2.58. The van der Waals surface area contributed by atoms with Crippen LogP contribution in [0.1, 0.15) is 23.7 Å². The van der Waals surface area contributed by atoms with E-state index >= 15 is 0 Å². The van der Waals surface area contributed by atoms with Crippen LogP contribution in [0.15, 0.2) is 47.6 Å². The maximum Gasteiger partial charge on any atom is 0.275 e. The van der Waals surface area contributed by atoms with Crippen LogP contribution in [0, 0.1) is 0 Å². The Morgan fingerprint density at radius 3 is 2.42 bits per heavy atom. The van der Waals surface area contributed by atoms with Gasteiger partial charge in [0, 0.05) is 21.4 Å². The van der Waals surface area contributed by atoms with E-state index in [0.29, 0.717) is 32.8 Å². The van der Waals surface area contributed by atoms with Gasteiger partial charge in [-0.15, -0.1) is 0 Å². The van der Waals surface area contributed by atoms with Gasteiger partial charge >= 0.3 is 0 Å². The minimum absolute atomic E-state index is 0.00363. The highest BCUT2D eigenvalue weighted by atomic mass is 35.5. The molecule has 136 valence electrons. The molecule has 0 saturated heterocycles. The molecule has 0 fully saturated rings. The Bertz CT molecular complexity index is 833. The molecule has 0 bridgehead atoms. The largest absolute Gasteiger partial charge is 0.496 e. The van der Waals surface area contributed by atoms with Gasteiger partial charge in [0.25, 0.3) is 5.91 Å². The van der Waals surface area contributed by atoms with Gasteiger partial charge in [0.05, 0.1) is 19.1 Å². The Morgan fingerprint density at radius 2 is 1.77 bits per heavy atom. The molecule has 2 amide bonds. The summed E-state index contributed by atoms with van der Waals surface area (Å²) in [6.45, 7) is 1.63. The van der Waals surface area contributed by atoms with Gasteiger partial charge in [-0.2, -0.15) is 5.10 Å². The van der Waals surface area contributed by atoms with Crippen molar-refractivity contribution in [3.63, 3.8) is 0 Å². The summed E-state index contributed by atoms with van der Waals surface area (Å²) in [5, 5.41) is 7.45. The van der Waals surface area contributed by atoms with E-state index in [4.69, 9.17) is 27.9 Å². The maximum atomic E-state index is 12.2. The first kappa shape index (κ1) is 19.8. The number of halogens is 2. The van der Waals surface area contributed by atoms with Crippen molar-refractivity contribution in [3.05, 3.63) is 58.1 Å². The van der Waals surface area contributed by atoms with Gasteiger partial charge in [-0.1, -0.05) is 35.3 Å². The summed E-state index contributed by atoms with van der Waals surface area (Å²) >= 11 is 11.8. The lowest BCUT2D eigenvalue weighted by Crippen LogP contribution is -2.22. The molecule has 2 N–H and O–H groups in total. The van der Waals surface area contributed by atoms with Crippen molar-refractivity contribution in [1.82, 2.24) is 5.43 Å². The van der Waals surface area contributed by atoms with E-state index in [1.54, 1.807) is 49.4 Å². The van der Waals surface area contributed by atoms with Crippen molar-refractivity contribution >= 4 is 46.4 Å². The summed E-state index contributed by atoms with van der Waals surface area (Å²) < 4.78 is 5.13. The first-order valence-corrected chi connectivity index (χ1v) is 8.37. The number of carbonyl (C=O) groups is 2. The number of hydrogen-bond acceptors (Lipinski definition) is 4. The van der Waals surface area contributed by atoms with Gasteiger partial charge in [-0.25, -0.2) is 5.43 Å². The number of anilines is 1. The van der Waals surface area contributed by atoms with Crippen LogP contribution in [-0.4, -0.2) is 24.6 Å². The number of rotatable bonds is 6. The second-order valence-corrected chi connectivity index (χ2v) is 6.24. The molecule has 0 aromatic heterocycles. The van der Waals surface area contributed by atoms with Crippen LogP contribution in [0.5, 0.6) is 5.75 Å². The molecule has 0 aliphatic carbocycles. The standard InChI is InChI=1S/C18H17Cl2N3O3/c1-11(7-17(24)21-14-9-12(19)8-13(20)10-14)22-23-18(25)15-5-3-4-6-16(15)26-2/h3-6,8-10H,7H2,1-2H3,(H,21,24)(H,23,25). The molecule has 2 rings (SSSR count). The summed E-state index contributed by atoms with van der Waals surface area (Å²) in [7, 11) is 1.48. The number of hydrogen-bond donors (Lipinski definition) is 2. The molecule has 26 heavy (non-hydrogen) atoms. The molecule has 0 saturated carbocycles. The average molecular weight is 394 g/mol. The Labute approximate surface area is 161 Å². The monoisotopic (exact) mass is 393 g/mol. The zero-order valence-corrected chi connectivity index (χ0v) is 15.7. The van der Waals surface area contributed by atoms with Gasteiger partial charge in [0.2, 0.25) is 5.91 Å². The number of para-hydroxylation sites is 1. The van der Waals surface area contributed by atoms with Crippen LogP contribution in [0.3, 0.4) is 0 Å². The molecule has 0 radical (unpaired) electrons. The fourth-order valence-electron chi connectivity index (χ4n) is 2.14. The van der Waals surface area contributed by atoms with Crippen LogP contribution >= 0.6 is 23.2 Å². The first-order chi connectivity index (χ1) is 12.4. The predicted octanol–water partition coefficient (Wildman–Crippen LogP) is 4.14. The lowest BCUT2D eigenvalue weighted by atomic mass is 10.2. The van der Waals surface area contributed by atoms with Gasteiger partial charge in [-0.3, -0.25) is 9.59 Å². The van der Waals surface area contributed by atoms with Crippen molar-refractivity contribution < 1.29 is 14.3 Å². The summed E-state index contributed by atoms with van der Waals surface area (Å²) in [6.07, 6.45) is -0.00363. The van der Waals surface area contributed by atoms with E-state index in [-0.39, 0.29) is 12.3 Å². The molecule has 0 atom stereocenters. The fraction of sp³-hybridized carbons (Fsp3) is 0.167. The predicted molar refractivity (Wildman–Crippen MR) is 103 cm³/mol. The van der Waals surface area contributed by atoms with E-state index in [0.717, 1.165) is 0 Å². The highest BCUT2D eigenvalue weighted by Gasteiger charge is 2.11. The number of ether oxygens (including phenoxy) is 1. The summed E-state index contributed by atoms with van der Waals surface area (Å²) in [5.41, 5.74) is 3.67. The molecule has 2 aromatic carbocycles. The summed E-state index contributed by atoms with van der Waals surface area (Å²) in [4.78, 5) is 24.2. The highest BCUT2D eigenvalue weighted by molar-refractivity contribution is 6.35. The third-order valence-electron chi connectivity index (χ3n) is 3.26. The van der Waals surface area contributed by atoms with E-state index < -0.39 is 5.91 Å². The minimum Gasteiger partial charge on any atom is -0.496 e. The smallest absolute Gasteiger partial charge is 0.275 e. The third kappa shape index (κ3) is 5.75. The molecule has 0 unspecified atom stereocenters. The molecule has 2 aromatic rings. The minimum atomic E-state index is -0.427. The highest BCUT2D eigenvalue weighted by Crippen LogP contribution is 2.22. The SMILES string of the molecule is COc1ccccc1C(=O)NN=C(C)CC(=O)Nc1cc(Cl)cc(Cl)c1. The van der Waals surface area contributed by atoms with E-state index in [2.05, 4.69) is 15.8 Å². The van der Waals surface area contributed by atoms with Gasteiger partial charge in [0.15, 0.2) is 0 Å². The van der Waals surface area contributed by atoms with Gasteiger partial charge in [0.1, 0.15) is 5.75 Å².